The van der Waals surface area contributed by atoms with Crippen LogP contribution >= 0.6 is 0 Å². The highest BCUT2D eigenvalue weighted by molar-refractivity contribution is 6.04. The number of rotatable bonds is 18. The fourth-order valence-electron chi connectivity index (χ4n) is 7.95. The number of carbonyl (C=O) groups is 5. The molecule has 14 heteroatoms. The summed E-state index contributed by atoms with van der Waals surface area (Å²) in [6, 6.07) is 23.8. The Morgan fingerprint density at radius 3 is 2.15 bits per heavy atom. The number of benzene rings is 2. The van der Waals surface area contributed by atoms with Gasteiger partial charge in [-0.05, 0) is 72.9 Å². The van der Waals surface area contributed by atoms with Gasteiger partial charge in [0.2, 0.25) is 11.8 Å². The molecule has 61 heavy (non-hydrogen) atoms. The molecule has 0 radical (unpaired) electrons. The van der Waals surface area contributed by atoms with Crippen molar-refractivity contribution >= 4 is 29.8 Å². The largest absolute Gasteiger partial charge is 0.465 e. The number of aliphatic hydroxyl groups excluding tert-OH is 1. The molecule has 4 aromatic rings. The molecular formula is C47H59N7O7. The van der Waals surface area contributed by atoms with Gasteiger partial charge in [-0.3, -0.25) is 34.2 Å². The number of imide groups is 1. The normalized spacial score (nSPS) is 16.0. The number of carbonyl (C=O) groups excluding carboxylic acids is 4. The fourth-order valence-corrected chi connectivity index (χ4v) is 7.95. The number of carboxylic acid groups (broad SMARTS) is 1. The Kier molecular flexibility index (Phi) is 15.4. The maximum absolute atomic E-state index is 14.5. The molecule has 6 atom stereocenters. The highest BCUT2D eigenvalue weighted by Crippen LogP contribution is 2.27. The number of pyridine rings is 2. The molecule has 3 heterocycles. The van der Waals surface area contributed by atoms with E-state index in [-0.39, 0.29) is 38.3 Å². The Bertz CT molecular complexity index is 2130. The van der Waals surface area contributed by atoms with Crippen molar-refractivity contribution in [2.75, 3.05) is 13.6 Å². The predicted molar refractivity (Wildman–Crippen MR) is 232 cm³/mol. The van der Waals surface area contributed by atoms with E-state index in [1.165, 1.54) is 11.9 Å². The summed E-state index contributed by atoms with van der Waals surface area (Å²) in [6.07, 6.45) is 0.213. The maximum Gasteiger partial charge on any atom is 0.407 e. The van der Waals surface area contributed by atoms with E-state index in [9.17, 15) is 34.2 Å². The Balaban J connectivity index is 1.44. The van der Waals surface area contributed by atoms with Crippen LogP contribution in [0.15, 0.2) is 97.2 Å². The monoisotopic (exact) mass is 833 g/mol. The molecule has 2 aromatic carbocycles. The van der Waals surface area contributed by atoms with E-state index < -0.39 is 65.5 Å². The summed E-state index contributed by atoms with van der Waals surface area (Å²) in [5.74, 6) is -1.84. The molecule has 324 valence electrons. The van der Waals surface area contributed by atoms with Crippen molar-refractivity contribution in [2.24, 2.45) is 11.3 Å². The molecule has 14 nitrogen and oxygen atoms in total. The molecule has 1 unspecified atom stereocenters. The summed E-state index contributed by atoms with van der Waals surface area (Å²) in [5.41, 5.74) is 3.89. The van der Waals surface area contributed by atoms with Gasteiger partial charge in [0.25, 0.3) is 5.91 Å². The molecule has 1 aliphatic rings. The number of nitrogens with one attached hydrogen (secondary N) is 2. The van der Waals surface area contributed by atoms with E-state index >= 15 is 0 Å². The first kappa shape index (κ1) is 45.9. The van der Waals surface area contributed by atoms with Crippen LogP contribution in [0.2, 0.25) is 0 Å². The average Bonchev–Trinajstić information content (AvgIpc) is 3.48. The van der Waals surface area contributed by atoms with E-state index in [0.717, 1.165) is 37.9 Å². The van der Waals surface area contributed by atoms with E-state index in [4.69, 9.17) is 0 Å². The SMILES string of the molecule is CCC(C)[C@@H](C(=O)N[C@@H](Cc1ccccc1)[C@@H](O)C[C@H](Cc1ccc(-c2ccccn2)cc1)NC(=O)[C@@H](N(C)C(=O)O)C(C)(C)C)N1CC(=O)N(Cc2cccc(C)n2)C1=O. The fraction of sp³-hybridized carbons (Fsp3) is 0.426. The van der Waals surface area contributed by atoms with E-state index in [1.807, 2.05) is 99.6 Å². The molecule has 0 bridgehead atoms. The van der Waals surface area contributed by atoms with Gasteiger partial charge in [-0.1, -0.05) is 108 Å². The van der Waals surface area contributed by atoms with Gasteiger partial charge in [0, 0.05) is 30.5 Å². The van der Waals surface area contributed by atoms with E-state index in [1.54, 1.807) is 39.1 Å². The first-order valence-corrected chi connectivity index (χ1v) is 20.8. The van der Waals surface area contributed by atoms with Gasteiger partial charge in [-0.15, -0.1) is 0 Å². The smallest absolute Gasteiger partial charge is 0.407 e. The van der Waals surface area contributed by atoms with Gasteiger partial charge in [0.1, 0.15) is 18.6 Å². The van der Waals surface area contributed by atoms with Crippen molar-refractivity contribution in [1.82, 2.24) is 35.3 Å². The van der Waals surface area contributed by atoms with Crippen LogP contribution in [0.3, 0.4) is 0 Å². The zero-order chi connectivity index (χ0) is 44.4. The summed E-state index contributed by atoms with van der Waals surface area (Å²) in [5, 5.41) is 28.2. The van der Waals surface area contributed by atoms with Crippen molar-refractivity contribution in [3.05, 3.63) is 120 Å². The molecule has 6 amide bonds. The van der Waals surface area contributed by atoms with Crippen LogP contribution in [0.1, 0.15) is 70.0 Å². The van der Waals surface area contributed by atoms with Crippen molar-refractivity contribution in [3.63, 3.8) is 0 Å². The van der Waals surface area contributed by atoms with Crippen LogP contribution in [0.25, 0.3) is 11.3 Å². The molecular weight excluding hydrogens is 775 g/mol. The predicted octanol–water partition coefficient (Wildman–Crippen LogP) is 5.86. The van der Waals surface area contributed by atoms with Crippen LogP contribution in [0.4, 0.5) is 9.59 Å². The minimum atomic E-state index is -1.26. The number of aromatic nitrogens is 2. The number of hydrogen-bond acceptors (Lipinski definition) is 8. The zero-order valence-electron chi connectivity index (χ0n) is 36.1. The second-order valence-corrected chi connectivity index (χ2v) is 17.1. The quantitative estimate of drug-likeness (QED) is 0.0892. The van der Waals surface area contributed by atoms with Crippen LogP contribution in [-0.2, 0) is 33.8 Å². The lowest BCUT2D eigenvalue weighted by Gasteiger charge is -2.37. The van der Waals surface area contributed by atoms with Crippen LogP contribution < -0.4 is 10.6 Å². The van der Waals surface area contributed by atoms with Gasteiger partial charge >= 0.3 is 12.1 Å². The standard InChI is InChI=1S/C47H59N7O7/c1-8-30(2)41(54-29-40(56)53(45(54)59)28-35-18-14-15-31(3)49-35)43(57)51-38(26-32-16-10-9-11-17-32)39(55)27-36(50-44(58)42(47(4,5)6)52(7)46(60)61)25-33-20-22-34(23-21-33)37-19-12-13-24-48-37/h9-24,30,36,38-39,41-42,55H,8,25-29H2,1-7H3,(H,50,58)(H,51,57)(H,60,61)/t30?,36-,38-,39-,41-,42+/m0/s1. The van der Waals surface area contributed by atoms with Gasteiger partial charge in [0.15, 0.2) is 0 Å². The summed E-state index contributed by atoms with van der Waals surface area (Å²) < 4.78 is 0. The zero-order valence-corrected chi connectivity index (χ0v) is 36.1. The minimum absolute atomic E-state index is 0.0223. The lowest BCUT2D eigenvalue weighted by atomic mass is 9.84. The Hall–Kier alpha value is -6.15. The van der Waals surface area contributed by atoms with Gasteiger partial charge in [0.05, 0.1) is 30.1 Å². The average molecular weight is 834 g/mol. The lowest BCUT2D eigenvalue weighted by molar-refractivity contribution is -0.131. The highest BCUT2D eigenvalue weighted by Gasteiger charge is 2.45. The number of nitrogens with zero attached hydrogens (tertiary/aromatic N) is 5. The van der Waals surface area contributed by atoms with Crippen molar-refractivity contribution in [3.8, 4) is 11.3 Å². The number of hydrogen-bond donors (Lipinski definition) is 4. The molecule has 1 aliphatic heterocycles. The third kappa shape index (κ3) is 12.0. The van der Waals surface area contributed by atoms with Crippen LogP contribution in [0, 0.1) is 18.3 Å². The Morgan fingerprint density at radius 1 is 0.869 bits per heavy atom. The first-order valence-electron chi connectivity index (χ1n) is 20.8. The Labute approximate surface area is 358 Å². The van der Waals surface area contributed by atoms with Crippen molar-refractivity contribution in [2.45, 2.75) is 104 Å². The molecule has 4 N–H and O–H groups in total. The molecule has 0 aliphatic carbocycles. The second kappa shape index (κ2) is 20.4. The van der Waals surface area contributed by atoms with Gasteiger partial charge in [-0.25, -0.2) is 9.59 Å². The van der Waals surface area contributed by atoms with Crippen LogP contribution in [0.5, 0.6) is 0 Å². The van der Waals surface area contributed by atoms with E-state index in [2.05, 4.69) is 20.6 Å². The minimum Gasteiger partial charge on any atom is -0.465 e. The van der Waals surface area contributed by atoms with Crippen molar-refractivity contribution < 1.29 is 34.2 Å². The number of likely N-dealkylation sites (N-methyl/N-ethyl adjacent to an activating group) is 1. The third-order valence-electron chi connectivity index (χ3n) is 11.3. The third-order valence-corrected chi connectivity index (χ3v) is 11.3. The second-order valence-electron chi connectivity index (χ2n) is 17.1. The van der Waals surface area contributed by atoms with Crippen LogP contribution in [-0.4, -0.2) is 109 Å². The van der Waals surface area contributed by atoms with Gasteiger partial charge in [-0.2, -0.15) is 0 Å². The summed E-state index contributed by atoms with van der Waals surface area (Å²) in [6.45, 7) is 10.6. The van der Waals surface area contributed by atoms with E-state index in [0.29, 0.717) is 12.1 Å². The molecule has 0 spiro atoms. The number of amides is 6. The number of aryl methyl sites for hydroxylation is 1. The van der Waals surface area contributed by atoms with Gasteiger partial charge < -0.3 is 25.7 Å². The summed E-state index contributed by atoms with van der Waals surface area (Å²) >= 11 is 0. The molecule has 5 rings (SSSR count). The lowest BCUT2D eigenvalue weighted by Crippen LogP contribution is -2.58. The Morgan fingerprint density at radius 2 is 1.54 bits per heavy atom. The summed E-state index contributed by atoms with van der Waals surface area (Å²) in [4.78, 5) is 80.3. The highest BCUT2D eigenvalue weighted by atomic mass is 16.4. The van der Waals surface area contributed by atoms with Crippen molar-refractivity contribution in [1.29, 1.82) is 0 Å². The first-order chi connectivity index (χ1) is 29.0. The number of aliphatic hydroxyl groups is 1. The summed E-state index contributed by atoms with van der Waals surface area (Å²) in [7, 11) is 1.36. The molecule has 2 aromatic heterocycles. The number of urea groups is 1. The molecule has 1 fully saturated rings. The molecule has 1 saturated heterocycles. The topological polar surface area (TPSA) is 185 Å². The maximum atomic E-state index is 14.5. The molecule has 0 saturated carbocycles.